The van der Waals surface area contributed by atoms with Gasteiger partial charge in [-0.05, 0) is 6.42 Å². The third kappa shape index (κ3) is 2.27. The van der Waals surface area contributed by atoms with Gasteiger partial charge in [0.15, 0.2) is 5.69 Å². The van der Waals surface area contributed by atoms with Crippen LogP contribution in [-0.4, -0.2) is 21.8 Å². The largest absolute Gasteiger partial charge is 0.476 e. The van der Waals surface area contributed by atoms with E-state index in [2.05, 4.69) is 4.98 Å². The normalized spacial score (nSPS) is 10.1. The maximum absolute atomic E-state index is 10.4. The van der Waals surface area contributed by atoms with E-state index in [9.17, 15) is 4.79 Å². The van der Waals surface area contributed by atoms with E-state index in [-0.39, 0.29) is 5.69 Å². The fourth-order valence-electron chi connectivity index (χ4n) is 0.611. The average molecular weight is 187 g/mol. The van der Waals surface area contributed by atoms with Crippen molar-refractivity contribution in [3.8, 4) is 0 Å². The Kier molecular flexibility index (Phi) is 3.16. The number of aromatic nitrogens is 1. The van der Waals surface area contributed by atoms with Crippen LogP contribution in [0.3, 0.4) is 0 Å². The first-order valence-electron chi connectivity index (χ1n) is 3.55. The number of carbonyl (C=O) groups is 1. The summed E-state index contributed by atoms with van der Waals surface area (Å²) >= 11 is 1.42. The van der Waals surface area contributed by atoms with E-state index >= 15 is 0 Å². The number of carboxylic acids is 1. The van der Waals surface area contributed by atoms with Crippen LogP contribution in [0.2, 0.25) is 0 Å². The summed E-state index contributed by atoms with van der Waals surface area (Å²) in [7, 11) is 0. The topological polar surface area (TPSA) is 63.3 Å². The molecule has 0 aliphatic heterocycles. The average Bonchev–Trinajstić information content (AvgIpc) is 2.48. The lowest BCUT2D eigenvalue weighted by molar-refractivity contribution is 0.0690. The molecule has 1 heterocycles. The second kappa shape index (κ2) is 4.15. The first-order chi connectivity index (χ1) is 5.74. The predicted molar refractivity (Wildman–Crippen MR) is 44.5 cm³/mol. The SMILES string of the molecule is CCCSc1nc(C(=O)O)co1. The van der Waals surface area contributed by atoms with E-state index < -0.39 is 5.97 Å². The fraction of sp³-hybridized carbons (Fsp3) is 0.429. The molecule has 0 bridgehead atoms. The van der Waals surface area contributed by atoms with Crippen molar-refractivity contribution in [2.75, 3.05) is 5.75 Å². The maximum atomic E-state index is 10.4. The highest BCUT2D eigenvalue weighted by molar-refractivity contribution is 7.99. The minimum Gasteiger partial charge on any atom is -0.476 e. The lowest BCUT2D eigenvalue weighted by Crippen LogP contribution is -1.95. The highest BCUT2D eigenvalue weighted by Gasteiger charge is 2.09. The Morgan fingerprint density at radius 1 is 1.83 bits per heavy atom. The van der Waals surface area contributed by atoms with E-state index in [0.717, 1.165) is 18.4 Å². The van der Waals surface area contributed by atoms with Gasteiger partial charge in [0.25, 0.3) is 5.22 Å². The number of thioether (sulfide) groups is 1. The molecule has 5 heteroatoms. The number of carboxylic acid groups (broad SMARTS) is 1. The second-order valence-corrected chi connectivity index (χ2v) is 3.20. The highest BCUT2D eigenvalue weighted by Crippen LogP contribution is 2.17. The minimum absolute atomic E-state index is 0.0337. The molecule has 0 saturated carbocycles. The van der Waals surface area contributed by atoms with E-state index in [4.69, 9.17) is 9.52 Å². The van der Waals surface area contributed by atoms with Crippen LogP contribution >= 0.6 is 11.8 Å². The summed E-state index contributed by atoms with van der Waals surface area (Å²) in [4.78, 5) is 14.1. The van der Waals surface area contributed by atoms with Crippen molar-refractivity contribution in [3.63, 3.8) is 0 Å². The van der Waals surface area contributed by atoms with Crippen LogP contribution in [0.5, 0.6) is 0 Å². The molecule has 0 aliphatic rings. The maximum Gasteiger partial charge on any atom is 0.357 e. The van der Waals surface area contributed by atoms with Crippen molar-refractivity contribution >= 4 is 17.7 Å². The van der Waals surface area contributed by atoms with Gasteiger partial charge in [-0.15, -0.1) is 0 Å². The number of aromatic carboxylic acids is 1. The molecular formula is C7H9NO3S. The van der Waals surface area contributed by atoms with Crippen molar-refractivity contribution in [2.45, 2.75) is 18.6 Å². The van der Waals surface area contributed by atoms with Crippen molar-refractivity contribution in [1.82, 2.24) is 4.98 Å². The van der Waals surface area contributed by atoms with Gasteiger partial charge in [-0.25, -0.2) is 4.79 Å². The third-order valence-electron chi connectivity index (χ3n) is 1.13. The van der Waals surface area contributed by atoms with E-state index in [0.29, 0.717) is 5.22 Å². The number of hydrogen-bond acceptors (Lipinski definition) is 4. The van der Waals surface area contributed by atoms with Gasteiger partial charge < -0.3 is 9.52 Å². The summed E-state index contributed by atoms with van der Waals surface area (Å²) in [6.45, 7) is 2.04. The Bertz CT molecular complexity index is 271. The van der Waals surface area contributed by atoms with Crippen LogP contribution < -0.4 is 0 Å². The molecule has 12 heavy (non-hydrogen) atoms. The van der Waals surface area contributed by atoms with E-state index in [1.807, 2.05) is 6.92 Å². The Morgan fingerprint density at radius 2 is 2.58 bits per heavy atom. The molecule has 0 unspecified atom stereocenters. The molecule has 0 radical (unpaired) electrons. The summed E-state index contributed by atoms with van der Waals surface area (Å²) < 4.78 is 4.90. The molecule has 1 rings (SSSR count). The van der Waals surface area contributed by atoms with Crippen LogP contribution in [0, 0.1) is 0 Å². The molecule has 66 valence electrons. The monoisotopic (exact) mass is 187 g/mol. The number of rotatable bonds is 4. The van der Waals surface area contributed by atoms with Gasteiger partial charge in [0.05, 0.1) is 0 Å². The number of nitrogens with zero attached hydrogens (tertiary/aromatic N) is 1. The van der Waals surface area contributed by atoms with Crippen LogP contribution in [0.25, 0.3) is 0 Å². The van der Waals surface area contributed by atoms with Gasteiger partial charge in [-0.3, -0.25) is 0 Å². The summed E-state index contributed by atoms with van der Waals surface area (Å²) in [5, 5.41) is 8.92. The Balaban J connectivity index is 2.58. The third-order valence-corrected chi connectivity index (χ3v) is 2.18. The first-order valence-corrected chi connectivity index (χ1v) is 4.54. The molecule has 0 aliphatic carbocycles. The molecule has 0 aromatic carbocycles. The van der Waals surface area contributed by atoms with Gasteiger partial charge in [-0.1, -0.05) is 18.7 Å². The summed E-state index contributed by atoms with van der Waals surface area (Å²) in [5.74, 6) is -0.165. The standard InChI is InChI=1S/C7H9NO3S/c1-2-3-12-7-8-5(4-11-7)6(9)10/h4H,2-3H2,1H3,(H,9,10). The van der Waals surface area contributed by atoms with Crippen molar-refractivity contribution in [3.05, 3.63) is 12.0 Å². The molecular weight excluding hydrogens is 178 g/mol. The van der Waals surface area contributed by atoms with Crippen LogP contribution in [0.4, 0.5) is 0 Å². The van der Waals surface area contributed by atoms with Crippen LogP contribution in [-0.2, 0) is 0 Å². The Morgan fingerprint density at radius 3 is 3.08 bits per heavy atom. The van der Waals surface area contributed by atoms with Crippen molar-refractivity contribution in [2.24, 2.45) is 0 Å². The molecule has 0 atom stereocenters. The molecule has 0 fully saturated rings. The van der Waals surface area contributed by atoms with Gasteiger partial charge in [-0.2, -0.15) is 4.98 Å². The lowest BCUT2D eigenvalue weighted by Gasteiger charge is -1.88. The molecule has 4 nitrogen and oxygen atoms in total. The van der Waals surface area contributed by atoms with Gasteiger partial charge in [0.2, 0.25) is 0 Å². The predicted octanol–water partition coefficient (Wildman–Crippen LogP) is 1.87. The smallest absolute Gasteiger partial charge is 0.357 e. The second-order valence-electron chi connectivity index (χ2n) is 2.15. The minimum atomic E-state index is -1.05. The first kappa shape index (κ1) is 9.12. The van der Waals surface area contributed by atoms with Gasteiger partial charge >= 0.3 is 5.97 Å². The fourth-order valence-corrected chi connectivity index (χ4v) is 1.27. The summed E-state index contributed by atoms with van der Waals surface area (Å²) in [6.07, 6.45) is 2.16. The quantitative estimate of drug-likeness (QED) is 0.729. The summed E-state index contributed by atoms with van der Waals surface area (Å²) in [6, 6.07) is 0. The molecule has 1 aromatic heterocycles. The number of oxazole rings is 1. The lowest BCUT2D eigenvalue weighted by atomic mass is 10.5. The van der Waals surface area contributed by atoms with Crippen molar-refractivity contribution in [1.29, 1.82) is 0 Å². The van der Waals surface area contributed by atoms with Gasteiger partial charge in [0.1, 0.15) is 6.26 Å². The zero-order valence-corrected chi connectivity index (χ0v) is 7.43. The Labute approximate surface area is 74.0 Å². The Hall–Kier alpha value is -0.970. The molecule has 1 N–H and O–H groups in total. The van der Waals surface area contributed by atoms with Crippen LogP contribution in [0.1, 0.15) is 23.8 Å². The van der Waals surface area contributed by atoms with E-state index in [1.54, 1.807) is 0 Å². The molecule has 1 aromatic rings. The van der Waals surface area contributed by atoms with E-state index in [1.165, 1.54) is 11.8 Å². The molecule has 0 saturated heterocycles. The zero-order chi connectivity index (χ0) is 8.97. The zero-order valence-electron chi connectivity index (χ0n) is 6.61. The number of hydrogen-bond donors (Lipinski definition) is 1. The molecule has 0 amide bonds. The van der Waals surface area contributed by atoms with Crippen LogP contribution in [0.15, 0.2) is 15.9 Å². The highest BCUT2D eigenvalue weighted by atomic mass is 32.2. The summed E-state index contributed by atoms with van der Waals surface area (Å²) in [5.41, 5.74) is -0.0337. The molecule has 0 spiro atoms. The van der Waals surface area contributed by atoms with Gasteiger partial charge in [0, 0.05) is 5.75 Å². The van der Waals surface area contributed by atoms with Crippen molar-refractivity contribution < 1.29 is 14.3 Å².